The molecule has 2 heterocycles. The number of fused-ring (bicyclic) bond motifs is 1. The van der Waals surface area contributed by atoms with Crippen molar-refractivity contribution < 1.29 is 0 Å². The van der Waals surface area contributed by atoms with E-state index in [9.17, 15) is 0 Å². The van der Waals surface area contributed by atoms with Gasteiger partial charge in [0, 0.05) is 12.7 Å². The van der Waals surface area contributed by atoms with Crippen molar-refractivity contribution in [2.75, 3.05) is 6.54 Å². The van der Waals surface area contributed by atoms with E-state index >= 15 is 0 Å². The van der Waals surface area contributed by atoms with E-state index in [1.54, 1.807) is 0 Å². The van der Waals surface area contributed by atoms with Crippen molar-refractivity contribution in [3.8, 4) is 0 Å². The molecule has 0 atom stereocenters. The Morgan fingerprint density at radius 3 is 3.67 bits per heavy atom. The fraction of sp³-hybridized carbons (Fsp3) is 0.167. The van der Waals surface area contributed by atoms with Gasteiger partial charge in [-0.05, 0) is 17.8 Å². The van der Waals surface area contributed by atoms with Crippen LogP contribution in [0, 0.1) is 11.6 Å². The molecule has 2 aliphatic rings. The third-order valence-corrected chi connectivity index (χ3v) is 1.83. The topological polar surface area (TPSA) is 15.6 Å². The quantitative estimate of drug-likeness (QED) is 0.493. The van der Waals surface area contributed by atoms with Crippen LogP contribution in [0.4, 0.5) is 0 Å². The van der Waals surface area contributed by atoms with Gasteiger partial charge in [-0.25, -0.2) is 4.99 Å². The summed E-state index contributed by atoms with van der Waals surface area (Å²) in [5, 5.41) is 3.87. The lowest BCUT2D eigenvalue weighted by atomic mass is 10.5. The first-order valence-corrected chi connectivity index (χ1v) is 3.46. The number of thioether (sulfide) groups is 1. The lowest BCUT2D eigenvalue weighted by molar-refractivity contribution is 0.606. The maximum atomic E-state index is 4.09. The molecule has 0 saturated heterocycles. The maximum Gasteiger partial charge on any atom is 0.173 e. The number of hydrogen-bond acceptors (Lipinski definition) is 3. The Kier molecular flexibility index (Phi) is 1.09. The van der Waals surface area contributed by atoms with Crippen LogP contribution in [0.15, 0.2) is 17.3 Å². The largest absolute Gasteiger partial charge is 0.314 e. The first-order valence-electron chi connectivity index (χ1n) is 2.65. The predicted octanol–water partition coefficient (Wildman–Crippen LogP) is 0.996. The van der Waals surface area contributed by atoms with Gasteiger partial charge in [-0.2, -0.15) is 0 Å². The minimum Gasteiger partial charge on any atom is -0.314 e. The van der Waals surface area contributed by atoms with Crippen LogP contribution in [0.1, 0.15) is 0 Å². The summed E-state index contributed by atoms with van der Waals surface area (Å²) < 4.78 is 0. The minimum absolute atomic E-state index is 0.888. The summed E-state index contributed by atoms with van der Waals surface area (Å²) in [4.78, 5) is 6.03. The lowest BCUT2D eigenvalue weighted by Crippen LogP contribution is -2.21. The van der Waals surface area contributed by atoms with Crippen LogP contribution in [0.2, 0.25) is 0 Å². The van der Waals surface area contributed by atoms with Crippen LogP contribution in [0.3, 0.4) is 0 Å². The van der Waals surface area contributed by atoms with E-state index in [0.29, 0.717) is 0 Å². The van der Waals surface area contributed by atoms with E-state index in [2.05, 4.69) is 16.6 Å². The molecule has 9 heavy (non-hydrogen) atoms. The number of aliphatic imine (C=N–C) groups is 1. The molecule has 0 bridgehead atoms. The molecular formula is C6H4N2S. The molecule has 0 aromatic heterocycles. The van der Waals surface area contributed by atoms with Crippen molar-refractivity contribution in [3.63, 3.8) is 0 Å². The molecule has 0 amide bonds. The summed E-state index contributed by atoms with van der Waals surface area (Å²) in [6.07, 6.45) is 6.73. The normalized spacial score (nSPS) is 22.2. The van der Waals surface area contributed by atoms with Crippen LogP contribution in [0.25, 0.3) is 0 Å². The Morgan fingerprint density at radius 2 is 2.78 bits per heavy atom. The Hall–Kier alpha value is -0.700. The number of hydrogen-bond donors (Lipinski definition) is 0. The molecule has 0 N–H and O–H groups in total. The van der Waals surface area contributed by atoms with Crippen molar-refractivity contribution in [1.82, 2.24) is 4.90 Å². The molecule has 2 rings (SSSR count). The van der Waals surface area contributed by atoms with Gasteiger partial charge in [-0.1, -0.05) is 0 Å². The zero-order valence-electron chi connectivity index (χ0n) is 4.66. The van der Waals surface area contributed by atoms with E-state index < -0.39 is 0 Å². The molecule has 2 nitrogen and oxygen atoms in total. The summed E-state index contributed by atoms with van der Waals surface area (Å²) >= 11 is 1.49. The Bertz CT molecular complexity index is 205. The maximum absolute atomic E-state index is 4.09. The summed E-state index contributed by atoms with van der Waals surface area (Å²) in [7, 11) is 0. The highest BCUT2D eigenvalue weighted by Crippen LogP contribution is 2.19. The molecule has 0 aromatic rings. The van der Waals surface area contributed by atoms with Crippen LogP contribution in [-0.2, 0) is 0 Å². The average molecular weight is 136 g/mol. The fourth-order valence-electron chi connectivity index (χ4n) is 0.715. The van der Waals surface area contributed by atoms with Gasteiger partial charge in [-0.15, -0.1) is 0 Å². The van der Waals surface area contributed by atoms with Crippen LogP contribution < -0.4 is 0 Å². The highest BCUT2D eigenvalue weighted by molar-refractivity contribution is 8.15. The first kappa shape index (κ1) is 5.11. The molecular weight excluding hydrogens is 132 g/mol. The minimum atomic E-state index is 0.888. The van der Waals surface area contributed by atoms with Crippen molar-refractivity contribution in [3.05, 3.63) is 23.9 Å². The van der Waals surface area contributed by atoms with Crippen LogP contribution in [0.5, 0.6) is 0 Å². The van der Waals surface area contributed by atoms with Crippen molar-refractivity contribution in [2.45, 2.75) is 0 Å². The van der Waals surface area contributed by atoms with E-state index in [4.69, 9.17) is 0 Å². The van der Waals surface area contributed by atoms with Crippen molar-refractivity contribution in [1.29, 1.82) is 0 Å². The van der Waals surface area contributed by atoms with Crippen molar-refractivity contribution >= 4 is 16.9 Å². The zero-order chi connectivity index (χ0) is 6.10. The molecule has 3 heteroatoms. The van der Waals surface area contributed by atoms with Gasteiger partial charge in [0.1, 0.15) is 0 Å². The van der Waals surface area contributed by atoms with Gasteiger partial charge >= 0.3 is 0 Å². The van der Waals surface area contributed by atoms with Gasteiger partial charge in [-0.3, -0.25) is 0 Å². The third-order valence-electron chi connectivity index (χ3n) is 1.13. The van der Waals surface area contributed by atoms with Gasteiger partial charge < -0.3 is 4.90 Å². The Morgan fingerprint density at radius 1 is 1.78 bits per heavy atom. The number of rotatable bonds is 0. The summed E-state index contributed by atoms with van der Waals surface area (Å²) in [6, 6.07) is 0. The summed E-state index contributed by atoms with van der Waals surface area (Å²) in [5.41, 5.74) is 0. The van der Waals surface area contributed by atoms with Gasteiger partial charge in [0.05, 0.1) is 11.6 Å². The first-order chi connectivity index (χ1) is 4.47. The molecule has 2 aliphatic heterocycles. The van der Waals surface area contributed by atoms with Gasteiger partial charge in [0.25, 0.3) is 0 Å². The molecule has 0 spiro atoms. The van der Waals surface area contributed by atoms with E-state index in [1.165, 1.54) is 11.8 Å². The van der Waals surface area contributed by atoms with Gasteiger partial charge in [0.2, 0.25) is 0 Å². The summed E-state index contributed by atoms with van der Waals surface area (Å²) in [6.45, 7) is 0.888. The SMILES string of the molecule is [C]1=[C]N2CC=CN=C2S1. The molecule has 0 aliphatic carbocycles. The smallest absolute Gasteiger partial charge is 0.173 e. The second-order valence-electron chi connectivity index (χ2n) is 1.72. The lowest BCUT2D eigenvalue weighted by Gasteiger charge is -2.14. The van der Waals surface area contributed by atoms with Crippen molar-refractivity contribution in [2.24, 2.45) is 4.99 Å². The van der Waals surface area contributed by atoms with Gasteiger partial charge in [0.15, 0.2) is 5.17 Å². The second-order valence-corrected chi connectivity index (χ2v) is 2.50. The number of nitrogens with zero attached hydrogens (tertiary/aromatic N) is 2. The van der Waals surface area contributed by atoms with E-state index in [1.807, 2.05) is 17.2 Å². The van der Waals surface area contributed by atoms with E-state index in [-0.39, 0.29) is 0 Å². The Labute approximate surface area is 58.0 Å². The van der Waals surface area contributed by atoms with Crippen LogP contribution in [-0.4, -0.2) is 16.6 Å². The Balaban J connectivity index is 2.29. The molecule has 0 saturated carbocycles. The molecule has 0 fully saturated rings. The highest BCUT2D eigenvalue weighted by Gasteiger charge is 2.14. The fourth-order valence-corrected chi connectivity index (χ4v) is 1.31. The van der Waals surface area contributed by atoms with E-state index in [0.717, 1.165) is 11.7 Å². The standard InChI is InChI=1S/C6H4N2S/c1-2-7-6-8(3-1)4-5-9-6/h1-2H,3H2. The number of amidine groups is 1. The second kappa shape index (κ2) is 1.92. The molecule has 44 valence electrons. The average Bonchev–Trinajstić information content (AvgIpc) is 2.33. The third kappa shape index (κ3) is 0.772. The monoisotopic (exact) mass is 136 g/mol. The molecule has 2 radical (unpaired) electrons. The zero-order valence-corrected chi connectivity index (χ0v) is 5.48. The molecule has 0 unspecified atom stereocenters. The molecule has 0 aromatic carbocycles. The van der Waals surface area contributed by atoms with Crippen LogP contribution >= 0.6 is 11.8 Å². The highest BCUT2D eigenvalue weighted by atomic mass is 32.2. The predicted molar refractivity (Wildman–Crippen MR) is 37.4 cm³/mol. The summed E-state index contributed by atoms with van der Waals surface area (Å²) in [5.74, 6) is 0.